The van der Waals surface area contributed by atoms with Crippen molar-refractivity contribution in [2.75, 3.05) is 12.4 Å². The summed E-state index contributed by atoms with van der Waals surface area (Å²) in [6, 6.07) is 13.2. The highest BCUT2D eigenvalue weighted by molar-refractivity contribution is 7.10. The highest BCUT2D eigenvalue weighted by Gasteiger charge is 2.21. The average Bonchev–Trinajstić information content (AvgIpc) is 3.49. The topological polar surface area (TPSA) is 94.8 Å². The van der Waals surface area contributed by atoms with E-state index in [2.05, 4.69) is 42.9 Å². The van der Waals surface area contributed by atoms with Crippen molar-refractivity contribution < 1.29 is 9.53 Å². The van der Waals surface area contributed by atoms with Gasteiger partial charge in [0.1, 0.15) is 5.75 Å². The number of carbonyl (C=O) groups is 1. The minimum Gasteiger partial charge on any atom is -0.497 e. The van der Waals surface area contributed by atoms with Crippen LogP contribution in [0.5, 0.6) is 5.75 Å². The summed E-state index contributed by atoms with van der Waals surface area (Å²) in [7, 11) is 1.62. The predicted molar refractivity (Wildman–Crippen MR) is 134 cm³/mol. The molecule has 1 aliphatic rings. The van der Waals surface area contributed by atoms with Crippen molar-refractivity contribution in [3.05, 3.63) is 81.1 Å². The number of hydrogen-bond acceptors (Lipinski definition) is 7. The number of aromatic nitrogens is 5. The van der Waals surface area contributed by atoms with E-state index >= 15 is 0 Å². The third-order valence-corrected chi connectivity index (χ3v) is 6.85. The number of nitrogens with one attached hydrogen (secondary N) is 1. The third kappa shape index (κ3) is 5.23. The van der Waals surface area contributed by atoms with Crippen LogP contribution in [0.1, 0.15) is 63.2 Å². The van der Waals surface area contributed by atoms with Gasteiger partial charge in [-0.1, -0.05) is 30.5 Å². The second-order valence-corrected chi connectivity index (χ2v) is 9.24. The number of carbonyl (C=O) groups excluding carboxylic acids is 1. The molecule has 0 radical (unpaired) electrons. The Morgan fingerprint density at radius 2 is 2.03 bits per heavy atom. The molecule has 0 saturated heterocycles. The van der Waals surface area contributed by atoms with Crippen molar-refractivity contribution in [1.82, 2.24) is 25.2 Å². The summed E-state index contributed by atoms with van der Waals surface area (Å²) in [6.07, 6.45) is 3.73. The molecular weight excluding hydrogens is 460 g/mol. The fourth-order valence-electron chi connectivity index (χ4n) is 3.74. The van der Waals surface area contributed by atoms with Crippen molar-refractivity contribution in [3.8, 4) is 17.6 Å². The van der Waals surface area contributed by atoms with Gasteiger partial charge >= 0.3 is 0 Å². The Bertz CT molecular complexity index is 1410. The van der Waals surface area contributed by atoms with E-state index in [1.807, 2.05) is 49.4 Å². The molecule has 0 unspecified atom stereocenters. The fraction of sp³-hybridized carbons (Fsp3) is 0.269. The molecule has 0 aliphatic heterocycles. The molecule has 2 aromatic carbocycles. The van der Waals surface area contributed by atoms with Crippen molar-refractivity contribution in [2.24, 2.45) is 0 Å². The molecule has 8 nitrogen and oxygen atoms in total. The summed E-state index contributed by atoms with van der Waals surface area (Å²) in [5.74, 6) is 7.32. The predicted octanol–water partition coefficient (Wildman–Crippen LogP) is 4.41. The maximum absolute atomic E-state index is 12.8. The van der Waals surface area contributed by atoms with Gasteiger partial charge in [0.25, 0.3) is 11.7 Å². The summed E-state index contributed by atoms with van der Waals surface area (Å²) in [5, 5.41) is 17.9. The molecule has 35 heavy (non-hydrogen) atoms. The number of rotatable bonds is 6. The molecule has 2 heterocycles. The van der Waals surface area contributed by atoms with Gasteiger partial charge in [0, 0.05) is 22.5 Å². The molecule has 4 aromatic rings. The molecular formula is C26H24N6O2S. The van der Waals surface area contributed by atoms with Gasteiger partial charge in [0.05, 0.1) is 19.3 Å². The molecule has 0 atom stereocenters. The summed E-state index contributed by atoms with van der Waals surface area (Å²) in [6.45, 7) is 2.32. The lowest BCUT2D eigenvalue weighted by Gasteiger charge is -2.22. The first-order valence-electron chi connectivity index (χ1n) is 11.4. The number of ether oxygens (including phenoxy) is 1. The molecule has 1 fully saturated rings. The minimum absolute atomic E-state index is 0.000656. The SMILES string of the molecule is COc1ccc(Cn2nnc(C(=O)Nc3cccc(C#Cc4nc(C5CCC5)cs4)c3C)n2)cc1. The second kappa shape index (κ2) is 10.1. The maximum atomic E-state index is 12.8. The number of benzene rings is 2. The molecule has 2 aromatic heterocycles. The van der Waals surface area contributed by atoms with Crippen LogP contribution < -0.4 is 10.1 Å². The van der Waals surface area contributed by atoms with Crippen LogP contribution in [-0.2, 0) is 6.54 Å². The first kappa shape index (κ1) is 22.7. The van der Waals surface area contributed by atoms with Crippen molar-refractivity contribution >= 4 is 22.9 Å². The van der Waals surface area contributed by atoms with Crippen LogP contribution in [0.3, 0.4) is 0 Å². The average molecular weight is 485 g/mol. The lowest BCUT2D eigenvalue weighted by atomic mass is 9.83. The van der Waals surface area contributed by atoms with E-state index in [1.54, 1.807) is 18.4 Å². The van der Waals surface area contributed by atoms with Gasteiger partial charge in [-0.25, -0.2) is 4.98 Å². The van der Waals surface area contributed by atoms with E-state index in [0.29, 0.717) is 18.2 Å². The van der Waals surface area contributed by atoms with Gasteiger partial charge in [0.15, 0.2) is 5.01 Å². The standard InChI is InChI=1S/C26H24N6O2S/c1-17-19(11-14-24-27-23(16-35-24)20-6-3-7-20)5-4-8-22(17)28-26(33)25-29-31-32(30-25)15-18-9-12-21(34-2)13-10-18/h4-5,8-10,12-13,16,20H,3,6-7,15H2,1-2H3,(H,28,33). The number of anilines is 1. The Kier molecular flexibility index (Phi) is 6.55. The van der Waals surface area contributed by atoms with Crippen molar-refractivity contribution in [1.29, 1.82) is 0 Å². The van der Waals surface area contributed by atoms with Gasteiger partial charge in [-0.3, -0.25) is 4.79 Å². The zero-order valence-electron chi connectivity index (χ0n) is 19.5. The number of hydrogen-bond donors (Lipinski definition) is 1. The summed E-state index contributed by atoms with van der Waals surface area (Å²) in [4.78, 5) is 18.8. The zero-order valence-corrected chi connectivity index (χ0v) is 20.3. The first-order valence-corrected chi connectivity index (χ1v) is 12.3. The number of nitrogens with zero attached hydrogens (tertiary/aromatic N) is 5. The molecule has 1 N–H and O–H groups in total. The number of methoxy groups -OCH3 is 1. The normalized spacial score (nSPS) is 13.0. The molecule has 176 valence electrons. The van der Waals surface area contributed by atoms with Gasteiger partial charge in [-0.05, 0) is 66.3 Å². The van der Waals surface area contributed by atoms with Crippen LogP contribution in [0.25, 0.3) is 0 Å². The second-order valence-electron chi connectivity index (χ2n) is 8.38. The molecule has 1 saturated carbocycles. The third-order valence-electron chi connectivity index (χ3n) is 6.07. The summed E-state index contributed by atoms with van der Waals surface area (Å²) < 4.78 is 5.17. The van der Waals surface area contributed by atoms with Gasteiger partial charge in [0.2, 0.25) is 0 Å². The lowest BCUT2D eigenvalue weighted by molar-refractivity contribution is 0.101. The van der Waals surface area contributed by atoms with Gasteiger partial charge in [-0.2, -0.15) is 4.80 Å². The van der Waals surface area contributed by atoms with E-state index in [9.17, 15) is 4.79 Å². The Morgan fingerprint density at radius 3 is 2.77 bits per heavy atom. The molecule has 5 rings (SSSR count). The summed E-state index contributed by atoms with van der Waals surface area (Å²) in [5.41, 5.74) is 4.49. The molecule has 0 spiro atoms. The number of thiazole rings is 1. The minimum atomic E-state index is -0.427. The smallest absolute Gasteiger partial charge is 0.297 e. The Hall–Kier alpha value is -4.03. The van der Waals surface area contributed by atoms with E-state index in [-0.39, 0.29) is 5.82 Å². The Balaban J connectivity index is 1.25. The van der Waals surface area contributed by atoms with Crippen LogP contribution in [-0.4, -0.2) is 38.2 Å². The van der Waals surface area contributed by atoms with Crippen molar-refractivity contribution in [3.63, 3.8) is 0 Å². The molecule has 1 aliphatic carbocycles. The number of tetrazole rings is 1. The highest BCUT2D eigenvalue weighted by Crippen LogP contribution is 2.36. The molecule has 9 heteroatoms. The van der Waals surface area contributed by atoms with E-state index in [1.165, 1.54) is 24.1 Å². The molecule has 1 amide bonds. The largest absolute Gasteiger partial charge is 0.497 e. The van der Waals surface area contributed by atoms with Crippen LogP contribution in [0.4, 0.5) is 5.69 Å². The number of amides is 1. The van der Waals surface area contributed by atoms with Gasteiger partial charge in [-0.15, -0.1) is 21.5 Å². The van der Waals surface area contributed by atoms with E-state index < -0.39 is 5.91 Å². The fourth-order valence-corrected chi connectivity index (χ4v) is 4.48. The van der Waals surface area contributed by atoms with Crippen molar-refractivity contribution in [2.45, 2.75) is 38.6 Å². The Morgan fingerprint density at radius 1 is 1.20 bits per heavy atom. The van der Waals surface area contributed by atoms with Crippen LogP contribution in [0.2, 0.25) is 0 Å². The monoisotopic (exact) mass is 484 g/mol. The Labute approximate surface area is 207 Å². The lowest BCUT2D eigenvalue weighted by Crippen LogP contribution is -2.15. The van der Waals surface area contributed by atoms with E-state index in [4.69, 9.17) is 4.74 Å². The van der Waals surface area contributed by atoms with Crippen LogP contribution in [0.15, 0.2) is 47.8 Å². The quantitative estimate of drug-likeness (QED) is 0.407. The molecule has 0 bridgehead atoms. The first-order chi connectivity index (χ1) is 17.1. The zero-order chi connectivity index (χ0) is 24.2. The van der Waals surface area contributed by atoms with Crippen LogP contribution >= 0.6 is 11.3 Å². The maximum Gasteiger partial charge on any atom is 0.297 e. The summed E-state index contributed by atoms with van der Waals surface area (Å²) >= 11 is 1.58. The van der Waals surface area contributed by atoms with E-state index in [0.717, 1.165) is 33.1 Å². The van der Waals surface area contributed by atoms with Gasteiger partial charge < -0.3 is 10.1 Å². The van der Waals surface area contributed by atoms with Crippen LogP contribution in [0, 0.1) is 18.8 Å². The highest BCUT2D eigenvalue weighted by atomic mass is 32.1.